The predicted octanol–water partition coefficient (Wildman–Crippen LogP) is 2.88. The van der Waals surface area contributed by atoms with E-state index in [2.05, 4.69) is 12.2 Å². The Labute approximate surface area is 109 Å². The second-order valence-electron chi connectivity index (χ2n) is 4.53. The first-order chi connectivity index (χ1) is 8.57. The fourth-order valence-corrected chi connectivity index (χ4v) is 1.56. The Balaban J connectivity index is 3.52. The van der Waals surface area contributed by atoms with Gasteiger partial charge in [0.1, 0.15) is 6.04 Å². The van der Waals surface area contributed by atoms with E-state index in [0.29, 0.717) is 0 Å². The Morgan fingerprint density at radius 2 is 1.78 bits per heavy atom. The second-order valence-corrected chi connectivity index (χ2v) is 4.53. The van der Waals surface area contributed by atoms with Gasteiger partial charge in [-0.1, -0.05) is 45.1 Å². The molecular formula is C14H25NO3. The summed E-state index contributed by atoms with van der Waals surface area (Å²) in [7, 11) is 0. The van der Waals surface area contributed by atoms with Gasteiger partial charge in [0.25, 0.3) is 0 Å². The molecule has 0 saturated carbocycles. The third-order valence-corrected chi connectivity index (χ3v) is 2.72. The van der Waals surface area contributed by atoms with Crippen LogP contribution in [-0.4, -0.2) is 23.0 Å². The highest BCUT2D eigenvalue weighted by Gasteiger charge is 2.11. The zero-order valence-electron chi connectivity index (χ0n) is 11.4. The van der Waals surface area contributed by atoms with Crippen molar-refractivity contribution in [2.75, 3.05) is 0 Å². The Hall–Kier alpha value is -1.32. The normalized spacial score (nSPS) is 12.6. The van der Waals surface area contributed by atoms with Crippen LogP contribution in [0.5, 0.6) is 0 Å². The van der Waals surface area contributed by atoms with Crippen molar-refractivity contribution in [3.05, 3.63) is 12.2 Å². The van der Waals surface area contributed by atoms with Crippen LogP contribution in [0.15, 0.2) is 12.2 Å². The van der Waals surface area contributed by atoms with Gasteiger partial charge in [0.05, 0.1) is 0 Å². The van der Waals surface area contributed by atoms with Crippen LogP contribution in [-0.2, 0) is 9.59 Å². The summed E-state index contributed by atoms with van der Waals surface area (Å²) < 4.78 is 0. The SMILES string of the molecule is CCCCCCCC/C=C/C(=O)NC(C)C(=O)O. The molecule has 0 aromatic heterocycles. The molecule has 4 heteroatoms. The molecule has 0 radical (unpaired) electrons. The average Bonchev–Trinajstić information content (AvgIpc) is 2.32. The van der Waals surface area contributed by atoms with Crippen LogP contribution in [0.1, 0.15) is 58.8 Å². The van der Waals surface area contributed by atoms with Crippen LogP contribution < -0.4 is 5.32 Å². The standard InChI is InChI=1S/C14H25NO3/c1-3-4-5-6-7-8-9-10-11-13(16)15-12(2)14(17)18/h10-12H,3-9H2,1-2H3,(H,15,16)(H,17,18)/b11-10+. The number of carbonyl (C=O) groups is 2. The number of aliphatic carboxylic acids is 1. The van der Waals surface area contributed by atoms with Gasteiger partial charge in [0, 0.05) is 0 Å². The van der Waals surface area contributed by atoms with Crippen LogP contribution in [0, 0.1) is 0 Å². The summed E-state index contributed by atoms with van der Waals surface area (Å²) in [4.78, 5) is 21.8. The lowest BCUT2D eigenvalue weighted by Crippen LogP contribution is -2.37. The molecule has 0 aliphatic heterocycles. The van der Waals surface area contributed by atoms with E-state index in [-0.39, 0.29) is 5.91 Å². The molecule has 0 aromatic rings. The van der Waals surface area contributed by atoms with E-state index in [4.69, 9.17) is 5.11 Å². The number of rotatable bonds is 10. The predicted molar refractivity (Wildman–Crippen MR) is 72.4 cm³/mol. The number of hydrogen-bond acceptors (Lipinski definition) is 2. The van der Waals surface area contributed by atoms with Gasteiger partial charge in [-0.2, -0.15) is 0 Å². The third kappa shape index (κ3) is 9.87. The number of carboxylic acid groups (broad SMARTS) is 1. The lowest BCUT2D eigenvalue weighted by Gasteiger charge is -2.05. The van der Waals surface area contributed by atoms with Crippen molar-refractivity contribution < 1.29 is 14.7 Å². The van der Waals surface area contributed by atoms with Crippen LogP contribution in [0.25, 0.3) is 0 Å². The quantitative estimate of drug-likeness (QED) is 0.466. The topological polar surface area (TPSA) is 66.4 Å². The van der Waals surface area contributed by atoms with Gasteiger partial charge in [-0.25, -0.2) is 0 Å². The molecule has 0 aliphatic carbocycles. The summed E-state index contributed by atoms with van der Waals surface area (Å²) in [5.74, 6) is -1.36. The van der Waals surface area contributed by atoms with Gasteiger partial charge >= 0.3 is 5.97 Å². The maximum absolute atomic E-state index is 11.3. The first-order valence-corrected chi connectivity index (χ1v) is 6.77. The maximum atomic E-state index is 11.3. The van der Waals surface area contributed by atoms with E-state index in [0.717, 1.165) is 12.8 Å². The highest BCUT2D eigenvalue weighted by Crippen LogP contribution is 2.06. The molecule has 0 saturated heterocycles. The molecule has 1 unspecified atom stereocenters. The molecule has 1 amide bonds. The number of unbranched alkanes of at least 4 members (excludes halogenated alkanes) is 6. The van der Waals surface area contributed by atoms with E-state index < -0.39 is 12.0 Å². The van der Waals surface area contributed by atoms with Crippen LogP contribution in [0.3, 0.4) is 0 Å². The van der Waals surface area contributed by atoms with Gasteiger partial charge < -0.3 is 10.4 Å². The average molecular weight is 255 g/mol. The smallest absolute Gasteiger partial charge is 0.325 e. The summed E-state index contributed by atoms with van der Waals surface area (Å²) in [5.41, 5.74) is 0. The lowest BCUT2D eigenvalue weighted by atomic mass is 10.1. The van der Waals surface area contributed by atoms with Gasteiger partial charge in [0.15, 0.2) is 0 Å². The summed E-state index contributed by atoms with van der Waals surface area (Å²) >= 11 is 0. The Bertz CT molecular complexity index is 274. The van der Waals surface area contributed by atoms with E-state index in [1.807, 2.05) is 6.08 Å². The highest BCUT2D eigenvalue weighted by molar-refractivity contribution is 5.90. The molecule has 2 N–H and O–H groups in total. The minimum Gasteiger partial charge on any atom is -0.480 e. The number of carboxylic acids is 1. The lowest BCUT2D eigenvalue weighted by molar-refractivity contribution is -0.140. The van der Waals surface area contributed by atoms with Crippen molar-refractivity contribution in [2.24, 2.45) is 0 Å². The minimum atomic E-state index is -1.02. The summed E-state index contributed by atoms with van der Waals surface area (Å²) in [6.07, 6.45) is 11.5. The molecule has 0 spiro atoms. The number of hydrogen-bond donors (Lipinski definition) is 2. The van der Waals surface area contributed by atoms with Crippen molar-refractivity contribution in [3.63, 3.8) is 0 Å². The van der Waals surface area contributed by atoms with Crippen molar-refractivity contribution in [1.82, 2.24) is 5.32 Å². The van der Waals surface area contributed by atoms with Gasteiger partial charge in [-0.05, 0) is 25.8 Å². The minimum absolute atomic E-state index is 0.337. The van der Waals surface area contributed by atoms with Crippen LogP contribution in [0.2, 0.25) is 0 Å². The van der Waals surface area contributed by atoms with Gasteiger partial charge in [0.2, 0.25) is 5.91 Å². The van der Waals surface area contributed by atoms with Crippen molar-refractivity contribution >= 4 is 11.9 Å². The van der Waals surface area contributed by atoms with E-state index in [9.17, 15) is 9.59 Å². The molecule has 4 nitrogen and oxygen atoms in total. The zero-order chi connectivity index (χ0) is 13.8. The van der Waals surface area contributed by atoms with Gasteiger partial charge in [-0.3, -0.25) is 9.59 Å². The Kier molecular flexibility index (Phi) is 10.0. The van der Waals surface area contributed by atoms with Crippen molar-refractivity contribution in [2.45, 2.75) is 64.8 Å². The summed E-state index contributed by atoms with van der Waals surface area (Å²) in [5, 5.41) is 11.0. The first-order valence-electron chi connectivity index (χ1n) is 6.77. The first kappa shape index (κ1) is 16.7. The molecule has 0 heterocycles. The molecule has 0 fully saturated rings. The highest BCUT2D eigenvalue weighted by atomic mass is 16.4. The molecule has 0 rings (SSSR count). The number of nitrogens with one attached hydrogen (secondary N) is 1. The van der Waals surface area contributed by atoms with Gasteiger partial charge in [-0.15, -0.1) is 0 Å². The monoisotopic (exact) mass is 255 g/mol. The molecule has 18 heavy (non-hydrogen) atoms. The van der Waals surface area contributed by atoms with Crippen LogP contribution in [0.4, 0.5) is 0 Å². The number of allylic oxidation sites excluding steroid dienone is 1. The number of amides is 1. The third-order valence-electron chi connectivity index (χ3n) is 2.72. The molecule has 1 atom stereocenters. The van der Waals surface area contributed by atoms with E-state index in [1.165, 1.54) is 45.1 Å². The van der Waals surface area contributed by atoms with Crippen LogP contribution >= 0.6 is 0 Å². The molecule has 0 aliphatic rings. The summed E-state index contributed by atoms with van der Waals surface area (Å²) in [6.45, 7) is 3.64. The fraction of sp³-hybridized carbons (Fsp3) is 0.714. The Morgan fingerprint density at radius 1 is 1.17 bits per heavy atom. The molecule has 104 valence electrons. The Morgan fingerprint density at radius 3 is 2.39 bits per heavy atom. The molecular weight excluding hydrogens is 230 g/mol. The van der Waals surface area contributed by atoms with Crippen molar-refractivity contribution in [3.8, 4) is 0 Å². The van der Waals surface area contributed by atoms with E-state index >= 15 is 0 Å². The largest absolute Gasteiger partial charge is 0.480 e. The molecule has 0 aromatic carbocycles. The number of carbonyl (C=O) groups excluding carboxylic acids is 1. The van der Waals surface area contributed by atoms with E-state index in [1.54, 1.807) is 0 Å². The summed E-state index contributed by atoms with van der Waals surface area (Å²) in [6, 6.07) is -0.837. The van der Waals surface area contributed by atoms with Crippen molar-refractivity contribution in [1.29, 1.82) is 0 Å². The fourth-order valence-electron chi connectivity index (χ4n) is 1.56. The molecule has 0 bridgehead atoms. The second kappa shape index (κ2) is 10.8. The zero-order valence-corrected chi connectivity index (χ0v) is 11.4. The maximum Gasteiger partial charge on any atom is 0.325 e.